The van der Waals surface area contributed by atoms with Gasteiger partial charge in [-0.2, -0.15) is 5.10 Å². The van der Waals surface area contributed by atoms with Crippen molar-refractivity contribution < 1.29 is 4.39 Å². The molecule has 1 aromatic carbocycles. The number of hydrogen-bond acceptors (Lipinski definition) is 6. The third-order valence-corrected chi connectivity index (χ3v) is 6.71. The van der Waals surface area contributed by atoms with Crippen LogP contribution in [0.1, 0.15) is 25.5 Å². The zero-order chi connectivity index (χ0) is 20.1. The quantitative estimate of drug-likeness (QED) is 0.503. The number of fused-ring (bicyclic) bond motifs is 2. The van der Waals surface area contributed by atoms with Crippen LogP contribution in [0.15, 0.2) is 30.5 Å². The maximum Gasteiger partial charge on any atom is 0.186 e. The molecule has 1 aliphatic heterocycles. The summed E-state index contributed by atoms with van der Waals surface area (Å²) < 4.78 is 17.5. The molecule has 1 fully saturated rings. The fourth-order valence-corrected chi connectivity index (χ4v) is 5.10. The van der Waals surface area contributed by atoms with Crippen LogP contribution >= 0.6 is 23.7 Å². The SMILES string of the molecule is Cc1cn2nc(-c3cc(F)c4nc(N(C)[C@H]5CCN[C@@H](C)C5)sc4c3)ccc2n1.Cl. The summed E-state index contributed by atoms with van der Waals surface area (Å²) >= 11 is 1.54. The van der Waals surface area contributed by atoms with Crippen LogP contribution < -0.4 is 10.2 Å². The number of nitrogens with one attached hydrogen (secondary N) is 1. The third-order valence-electron chi connectivity index (χ3n) is 5.62. The number of hydrogen-bond donors (Lipinski definition) is 1. The van der Waals surface area contributed by atoms with Gasteiger partial charge in [-0.25, -0.2) is 18.9 Å². The molecule has 0 saturated carbocycles. The molecule has 0 spiro atoms. The maximum atomic E-state index is 14.9. The van der Waals surface area contributed by atoms with Crippen LogP contribution in [-0.4, -0.2) is 45.3 Å². The van der Waals surface area contributed by atoms with Gasteiger partial charge in [0.05, 0.1) is 22.3 Å². The molecule has 5 rings (SSSR count). The highest BCUT2D eigenvalue weighted by Gasteiger charge is 2.24. The highest BCUT2D eigenvalue weighted by molar-refractivity contribution is 7.22. The minimum absolute atomic E-state index is 0. The van der Waals surface area contributed by atoms with Crippen molar-refractivity contribution in [2.24, 2.45) is 0 Å². The summed E-state index contributed by atoms with van der Waals surface area (Å²) in [5.41, 5.74) is 3.58. The number of aromatic nitrogens is 4. The molecule has 0 bridgehead atoms. The molecule has 0 unspecified atom stereocenters. The molecule has 0 amide bonds. The lowest BCUT2D eigenvalue weighted by molar-refractivity contribution is 0.371. The predicted octanol–water partition coefficient (Wildman–Crippen LogP) is 4.45. The molecule has 30 heavy (non-hydrogen) atoms. The molecule has 0 aliphatic carbocycles. The van der Waals surface area contributed by atoms with Gasteiger partial charge in [-0.3, -0.25) is 0 Å². The molecule has 2 atom stereocenters. The van der Waals surface area contributed by atoms with E-state index in [-0.39, 0.29) is 18.2 Å². The van der Waals surface area contributed by atoms with Crippen LogP contribution in [0.5, 0.6) is 0 Å². The standard InChI is InChI=1S/C21H23FN6S.ClH/c1-12-8-15(6-7-23-12)27(3)21-25-20-16(22)9-14(10-18(20)29-21)17-4-5-19-24-13(2)11-28(19)26-17;/h4-5,9-12,15,23H,6-8H2,1-3H3;1H/t12-,15-;/m0./s1. The molecule has 1 saturated heterocycles. The smallest absolute Gasteiger partial charge is 0.186 e. The molecule has 4 heterocycles. The van der Waals surface area contributed by atoms with E-state index in [0.717, 1.165) is 46.1 Å². The molecular formula is C21H24ClFN6S. The average molecular weight is 447 g/mol. The zero-order valence-corrected chi connectivity index (χ0v) is 18.7. The first-order chi connectivity index (χ1) is 14.0. The van der Waals surface area contributed by atoms with E-state index in [1.54, 1.807) is 4.52 Å². The number of nitrogens with zero attached hydrogens (tertiary/aromatic N) is 5. The van der Waals surface area contributed by atoms with Gasteiger partial charge in [0.25, 0.3) is 0 Å². The Bertz CT molecular complexity index is 1210. The number of halogens is 2. The number of rotatable bonds is 3. The van der Waals surface area contributed by atoms with Crippen LogP contribution in [-0.2, 0) is 0 Å². The number of anilines is 1. The van der Waals surface area contributed by atoms with E-state index in [0.29, 0.717) is 23.3 Å². The van der Waals surface area contributed by atoms with Crippen LogP contribution in [0.2, 0.25) is 0 Å². The number of benzene rings is 1. The molecule has 1 aliphatic rings. The van der Waals surface area contributed by atoms with Crippen molar-refractivity contribution in [3.63, 3.8) is 0 Å². The van der Waals surface area contributed by atoms with E-state index in [1.807, 2.05) is 31.3 Å². The first kappa shape index (κ1) is 21.0. The molecule has 1 N–H and O–H groups in total. The Morgan fingerprint density at radius 1 is 1.27 bits per heavy atom. The Kier molecular flexibility index (Phi) is 5.65. The fourth-order valence-electron chi connectivity index (χ4n) is 4.04. The van der Waals surface area contributed by atoms with E-state index in [4.69, 9.17) is 0 Å². The molecule has 158 valence electrons. The molecule has 4 aromatic rings. The molecular weight excluding hydrogens is 423 g/mol. The van der Waals surface area contributed by atoms with E-state index in [2.05, 4.69) is 39.3 Å². The first-order valence-corrected chi connectivity index (χ1v) is 10.7. The van der Waals surface area contributed by atoms with Crippen molar-refractivity contribution in [2.45, 2.75) is 38.8 Å². The summed E-state index contributed by atoms with van der Waals surface area (Å²) in [4.78, 5) is 11.2. The van der Waals surface area contributed by atoms with Crippen molar-refractivity contribution in [3.8, 4) is 11.3 Å². The highest BCUT2D eigenvalue weighted by Crippen LogP contribution is 2.35. The zero-order valence-electron chi connectivity index (χ0n) is 17.1. The van der Waals surface area contributed by atoms with Crippen molar-refractivity contribution in [3.05, 3.63) is 42.0 Å². The summed E-state index contributed by atoms with van der Waals surface area (Å²) in [5, 5.41) is 8.93. The maximum absolute atomic E-state index is 14.9. The van der Waals surface area contributed by atoms with Crippen molar-refractivity contribution in [1.82, 2.24) is 24.9 Å². The van der Waals surface area contributed by atoms with Gasteiger partial charge in [0.1, 0.15) is 5.52 Å². The summed E-state index contributed by atoms with van der Waals surface area (Å²) in [7, 11) is 2.07. The lowest BCUT2D eigenvalue weighted by Gasteiger charge is -2.34. The molecule has 3 aromatic heterocycles. The Labute approximate surface area is 184 Å². The van der Waals surface area contributed by atoms with Gasteiger partial charge in [-0.15, -0.1) is 12.4 Å². The number of aryl methyl sites for hydroxylation is 1. The lowest BCUT2D eigenvalue weighted by Crippen LogP contribution is -2.45. The van der Waals surface area contributed by atoms with E-state index < -0.39 is 0 Å². The van der Waals surface area contributed by atoms with E-state index >= 15 is 0 Å². The Hall–Kier alpha value is -2.29. The minimum Gasteiger partial charge on any atom is -0.348 e. The van der Waals surface area contributed by atoms with Gasteiger partial charge in [0.15, 0.2) is 16.6 Å². The Morgan fingerprint density at radius 2 is 2.10 bits per heavy atom. The predicted molar refractivity (Wildman–Crippen MR) is 122 cm³/mol. The van der Waals surface area contributed by atoms with Gasteiger partial charge in [-0.1, -0.05) is 11.3 Å². The van der Waals surface area contributed by atoms with Gasteiger partial charge in [-0.05, 0) is 57.5 Å². The summed E-state index contributed by atoms with van der Waals surface area (Å²) in [6.45, 7) is 5.13. The molecule has 0 radical (unpaired) electrons. The fraction of sp³-hybridized carbons (Fsp3) is 0.381. The van der Waals surface area contributed by atoms with Gasteiger partial charge < -0.3 is 10.2 Å². The van der Waals surface area contributed by atoms with Gasteiger partial charge >= 0.3 is 0 Å². The molecule has 9 heteroatoms. The topological polar surface area (TPSA) is 58.4 Å². The van der Waals surface area contributed by atoms with Crippen molar-refractivity contribution in [1.29, 1.82) is 0 Å². The van der Waals surface area contributed by atoms with Crippen molar-refractivity contribution >= 4 is 44.7 Å². The Morgan fingerprint density at radius 3 is 2.90 bits per heavy atom. The van der Waals surface area contributed by atoms with Gasteiger partial charge in [0.2, 0.25) is 0 Å². The summed E-state index contributed by atoms with van der Waals surface area (Å²) in [6.07, 6.45) is 4.00. The number of imidazole rings is 1. The van der Waals surface area contributed by atoms with Crippen LogP contribution in [0.4, 0.5) is 9.52 Å². The first-order valence-electron chi connectivity index (χ1n) is 9.87. The van der Waals surface area contributed by atoms with Crippen LogP contribution in [0.3, 0.4) is 0 Å². The minimum atomic E-state index is -0.309. The monoisotopic (exact) mass is 446 g/mol. The second-order valence-electron chi connectivity index (χ2n) is 7.85. The number of piperidine rings is 1. The van der Waals surface area contributed by atoms with E-state index in [9.17, 15) is 4.39 Å². The Balaban J connectivity index is 0.00000218. The average Bonchev–Trinajstić information content (AvgIpc) is 3.29. The van der Waals surface area contributed by atoms with E-state index in [1.165, 1.54) is 17.4 Å². The third kappa shape index (κ3) is 3.75. The molecule has 6 nitrogen and oxygen atoms in total. The normalized spacial score (nSPS) is 19.2. The second-order valence-corrected chi connectivity index (χ2v) is 8.86. The lowest BCUT2D eigenvalue weighted by atomic mass is 10.00. The van der Waals surface area contributed by atoms with Gasteiger partial charge in [0, 0.05) is 24.7 Å². The van der Waals surface area contributed by atoms with Crippen LogP contribution in [0.25, 0.3) is 27.1 Å². The largest absolute Gasteiger partial charge is 0.348 e. The highest BCUT2D eigenvalue weighted by atomic mass is 35.5. The second kappa shape index (κ2) is 8.09. The van der Waals surface area contributed by atoms with Crippen LogP contribution in [0, 0.1) is 12.7 Å². The summed E-state index contributed by atoms with van der Waals surface area (Å²) in [6, 6.07) is 8.20. The number of thiazole rings is 1. The summed E-state index contributed by atoms with van der Waals surface area (Å²) in [5.74, 6) is -0.309. The van der Waals surface area contributed by atoms with Crippen molar-refractivity contribution in [2.75, 3.05) is 18.5 Å².